The van der Waals surface area contributed by atoms with E-state index in [1.54, 1.807) is 6.07 Å². The number of nitrogens with one attached hydrogen (secondary N) is 1. The van der Waals surface area contributed by atoms with Crippen molar-refractivity contribution >= 4 is 5.69 Å². The molecule has 0 heterocycles. The minimum absolute atomic E-state index is 0.211. The lowest BCUT2D eigenvalue weighted by atomic mass is 10.1. The van der Waals surface area contributed by atoms with Crippen LogP contribution in [0.25, 0.3) is 0 Å². The minimum atomic E-state index is 0.211. The first kappa shape index (κ1) is 11.5. The van der Waals surface area contributed by atoms with Gasteiger partial charge < -0.3 is 10.4 Å². The van der Waals surface area contributed by atoms with Crippen molar-refractivity contribution in [3.05, 3.63) is 29.8 Å². The highest BCUT2D eigenvalue weighted by Crippen LogP contribution is 2.14. The third-order valence-electron chi connectivity index (χ3n) is 2.31. The summed E-state index contributed by atoms with van der Waals surface area (Å²) in [5, 5.41) is 20.8. The zero-order chi connectivity index (χ0) is 11.1. The molecule has 0 amide bonds. The lowest BCUT2D eigenvalue weighted by Crippen LogP contribution is -2.13. The van der Waals surface area contributed by atoms with Gasteiger partial charge in [0.15, 0.2) is 0 Å². The van der Waals surface area contributed by atoms with E-state index in [4.69, 9.17) is 10.4 Å². The number of hydrogen-bond acceptors (Lipinski definition) is 3. The first-order chi connectivity index (χ1) is 7.27. The smallest absolute Gasteiger partial charge is 0.101 e. The molecule has 3 heteroatoms. The van der Waals surface area contributed by atoms with E-state index in [1.807, 2.05) is 18.2 Å². The van der Waals surface area contributed by atoms with Crippen molar-refractivity contribution < 1.29 is 5.11 Å². The third kappa shape index (κ3) is 3.61. The molecule has 0 aliphatic carbocycles. The van der Waals surface area contributed by atoms with Gasteiger partial charge in [-0.1, -0.05) is 19.1 Å². The van der Waals surface area contributed by atoms with E-state index in [1.165, 1.54) is 0 Å². The summed E-state index contributed by atoms with van der Waals surface area (Å²) in [5.74, 6) is 0.404. The molecule has 0 spiro atoms. The summed E-state index contributed by atoms with van der Waals surface area (Å²) in [7, 11) is 0. The molecule has 0 bridgehead atoms. The number of rotatable bonds is 5. The largest absolute Gasteiger partial charge is 0.396 e. The van der Waals surface area contributed by atoms with E-state index in [0.29, 0.717) is 11.5 Å². The van der Waals surface area contributed by atoms with Crippen molar-refractivity contribution in [2.45, 2.75) is 13.3 Å². The van der Waals surface area contributed by atoms with Crippen molar-refractivity contribution in [2.75, 3.05) is 18.5 Å². The predicted octanol–water partition coefficient (Wildman–Crippen LogP) is 1.99. The molecule has 1 aromatic rings. The van der Waals surface area contributed by atoms with Crippen LogP contribution in [0.2, 0.25) is 0 Å². The first-order valence-corrected chi connectivity index (χ1v) is 5.11. The van der Waals surface area contributed by atoms with Gasteiger partial charge in [-0.05, 0) is 24.5 Å². The maximum atomic E-state index is 8.86. The van der Waals surface area contributed by atoms with E-state index in [2.05, 4.69) is 18.3 Å². The van der Waals surface area contributed by atoms with Gasteiger partial charge in [0.2, 0.25) is 0 Å². The van der Waals surface area contributed by atoms with Crippen molar-refractivity contribution in [3.63, 3.8) is 0 Å². The predicted molar refractivity (Wildman–Crippen MR) is 60.5 cm³/mol. The van der Waals surface area contributed by atoms with Gasteiger partial charge in [-0.3, -0.25) is 0 Å². The molecule has 1 rings (SSSR count). The zero-order valence-corrected chi connectivity index (χ0v) is 8.90. The molecule has 15 heavy (non-hydrogen) atoms. The molecule has 0 aliphatic rings. The molecular formula is C12H16N2O. The summed E-state index contributed by atoms with van der Waals surface area (Å²) >= 11 is 0. The number of aliphatic hydroxyl groups is 1. The van der Waals surface area contributed by atoms with Gasteiger partial charge in [-0.25, -0.2) is 0 Å². The first-order valence-electron chi connectivity index (χ1n) is 5.11. The average molecular weight is 204 g/mol. The maximum absolute atomic E-state index is 8.86. The number of nitriles is 1. The Morgan fingerprint density at radius 1 is 1.47 bits per heavy atom. The van der Waals surface area contributed by atoms with Gasteiger partial charge in [0.25, 0.3) is 0 Å². The highest BCUT2D eigenvalue weighted by Gasteiger charge is 2.03. The van der Waals surface area contributed by atoms with Gasteiger partial charge in [0, 0.05) is 13.2 Å². The molecule has 1 unspecified atom stereocenters. The van der Waals surface area contributed by atoms with E-state index in [0.717, 1.165) is 18.7 Å². The lowest BCUT2D eigenvalue weighted by molar-refractivity contribution is 0.266. The van der Waals surface area contributed by atoms with Gasteiger partial charge in [-0.2, -0.15) is 5.26 Å². The number of aliphatic hydroxyl groups excluding tert-OH is 1. The monoisotopic (exact) mass is 204 g/mol. The molecule has 1 aromatic carbocycles. The van der Waals surface area contributed by atoms with Crippen molar-refractivity contribution in [3.8, 4) is 6.07 Å². The molecule has 0 fully saturated rings. The van der Waals surface area contributed by atoms with Crippen LogP contribution in [0.1, 0.15) is 18.9 Å². The quantitative estimate of drug-likeness (QED) is 0.771. The molecule has 0 saturated heterocycles. The maximum Gasteiger partial charge on any atom is 0.101 e. The Balaban J connectivity index is 2.54. The fourth-order valence-electron chi connectivity index (χ4n) is 1.34. The highest BCUT2D eigenvalue weighted by molar-refractivity contribution is 5.57. The van der Waals surface area contributed by atoms with Crippen LogP contribution in [0, 0.1) is 17.2 Å². The normalized spacial score (nSPS) is 11.8. The van der Waals surface area contributed by atoms with Crippen LogP contribution in [-0.4, -0.2) is 18.3 Å². The topological polar surface area (TPSA) is 56.0 Å². The number of hydrogen-bond donors (Lipinski definition) is 2. The minimum Gasteiger partial charge on any atom is -0.396 e. The van der Waals surface area contributed by atoms with Crippen molar-refractivity contribution in [2.24, 2.45) is 5.92 Å². The molecular weight excluding hydrogens is 188 g/mol. The molecule has 0 radical (unpaired) electrons. The molecule has 80 valence electrons. The number of para-hydroxylation sites is 1. The Labute approximate surface area is 90.4 Å². The van der Waals surface area contributed by atoms with Crippen molar-refractivity contribution in [1.29, 1.82) is 5.26 Å². The molecule has 3 nitrogen and oxygen atoms in total. The second-order valence-electron chi connectivity index (χ2n) is 3.66. The van der Waals surface area contributed by atoms with Crippen LogP contribution < -0.4 is 5.32 Å². The lowest BCUT2D eigenvalue weighted by Gasteiger charge is -2.12. The van der Waals surface area contributed by atoms with E-state index < -0.39 is 0 Å². The van der Waals surface area contributed by atoms with Crippen molar-refractivity contribution in [1.82, 2.24) is 0 Å². The third-order valence-corrected chi connectivity index (χ3v) is 2.31. The number of benzene rings is 1. The van der Waals surface area contributed by atoms with Crippen LogP contribution in [0.15, 0.2) is 24.3 Å². The van der Waals surface area contributed by atoms with E-state index >= 15 is 0 Å². The molecule has 2 N–H and O–H groups in total. The second kappa shape index (κ2) is 6.05. The Morgan fingerprint density at radius 2 is 2.20 bits per heavy atom. The van der Waals surface area contributed by atoms with Gasteiger partial charge in [0.1, 0.15) is 6.07 Å². The summed E-state index contributed by atoms with van der Waals surface area (Å²) in [5.41, 5.74) is 1.53. The average Bonchev–Trinajstić information content (AvgIpc) is 2.27. The Kier molecular flexibility index (Phi) is 4.65. The Hall–Kier alpha value is -1.53. The summed E-state index contributed by atoms with van der Waals surface area (Å²) < 4.78 is 0. The van der Waals surface area contributed by atoms with Crippen LogP contribution in [0.3, 0.4) is 0 Å². The summed E-state index contributed by atoms with van der Waals surface area (Å²) in [6.45, 7) is 3.06. The fourth-order valence-corrected chi connectivity index (χ4v) is 1.34. The summed E-state index contributed by atoms with van der Waals surface area (Å²) in [6.07, 6.45) is 0.779. The van der Waals surface area contributed by atoms with Crippen LogP contribution in [0.5, 0.6) is 0 Å². The van der Waals surface area contributed by atoms with Crippen LogP contribution in [-0.2, 0) is 0 Å². The van der Waals surface area contributed by atoms with Crippen LogP contribution >= 0.6 is 0 Å². The number of anilines is 1. The molecule has 0 aromatic heterocycles. The highest BCUT2D eigenvalue weighted by atomic mass is 16.3. The fraction of sp³-hybridized carbons (Fsp3) is 0.417. The van der Waals surface area contributed by atoms with E-state index in [9.17, 15) is 0 Å². The molecule has 0 aliphatic heterocycles. The SMILES string of the molecule is CC(CCO)CNc1ccccc1C#N. The summed E-state index contributed by atoms with van der Waals surface area (Å²) in [6, 6.07) is 9.57. The Morgan fingerprint density at radius 3 is 2.87 bits per heavy atom. The standard InChI is InChI=1S/C12H16N2O/c1-10(6-7-15)9-14-12-5-3-2-4-11(12)8-13/h2-5,10,14-15H,6-7,9H2,1H3. The summed E-state index contributed by atoms with van der Waals surface area (Å²) in [4.78, 5) is 0. The Bertz CT molecular complexity index is 344. The second-order valence-corrected chi connectivity index (χ2v) is 3.66. The van der Waals surface area contributed by atoms with Crippen LogP contribution in [0.4, 0.5) is 5.69 Å². The van der Waals surface area contributed by atoms with Gasteiger partial charge in [-0.15, -0.1) is 0 Å². The van der Waals surface area contributed by atoms with Gasteiger partial charge >= 0.3 is 0 Å². The molecule has 0 saturated carbocycles. The zero-order valence-electron chi connectivity index (χ0n) is 8.90. The molecule has 1 atom stereocenters. The van der Waals surface area contributed by atoms with E-state index in [-0.39, 0.29) is 6.61 Å². The van der Waals surface area contributed by atoms with Gasteiger partial charge in [0.05, 0.1) is 11.3 Å². The number of nitrogens with zero attached hydrogens (tertiary/aromatic N) is 1.